The predicted molar refractivity (Wildman–Crippen MR) is 71.1 cm³/mol. The highest BCUT2D eigenvalue weighted by molar-refractivity contribution is 5.78. The van der Waals surface area contributed by atoms with E-state index in [4.69, 9.17) is 10.2 Å². The Kier molecular flexibility index (Phi) is 2.54. The van der Waals surface area contributed by atoms with Gasteiger partial charge in [0.2, 0.25) is 0 Å². The summed E-state index contributed by atoms with van der Waals surface area (Å²) in [6, 6.07) is 16.7. The molecule has 0 fully saturated rings. The van der Waals surface area contributed by atoms with Crippen LogP contribution in [0.15, 0.2) is 59.0 Å². The molecule has 3 heteroatoms. The van der Waals surface area contributed by atoms with Gasteiger partial charge in [-0.25, -0.2) is 0 Å². The number of rotatable bonds is 2. The van der Waals surface area contributed by atoms with E-state index in [2.05, 4.69) is 0 Å². The normalized spacial score (nSPS) is 12.7. The van der Waals surface area contributed by atoms with Crippen LogP contribution in [0, 0.1) is 0 Å². The molecule has 3 nitrogen and oxygen atoms in total. The minimum Gasteiger partial charge on any atom is -0.458 e. The van der Waals surface area contributed by atoms with Crippen LogP contribution in [0.4, 0.5) is 5.69 Å². The molecular weight excluding hydrogens is 226 g/mol. The number of para-hydroxylation sites is 2. The zero-order valence-corrected chi connectivity index (χ0v) is 9.71. The van der Waals surface area contributed by atoms with Crippen molar-refractivity contribution in [2.75, 3.05) is 5.73 Å². The van der Waals surface area contributed by atoms with Gasteiger partial charge < -0.3 is 15.3 Å². The quantitative estimate of drug-likeness (QED) is 0.675. The summed E-state index contributed by atoms with van der Waals surface area (Å²) >= 11 is 0. The number of hydrogen-bond donors (Lipinski definition) is 2. The van der Waals surface area contributed by atoms with E-state index in [9.17, 15) is 5.11 Å². The Morgan fingerprint density at radius 2 is 1.72 bits per heavy atom. The molecule has 2 aromatic carbocycles. The Labute approximate surface area is 104 Å². The first-order valence-electron chi connectivity index (χ1n) is 5.76. The molecule has 1 aromatic heterocycles. The molecule has 0 bridgehead atoms. The number of fused-ring (bicyclic) bond motifs is 1. The summed E-state index contributed by atoms with van der Waals surface area (Å²) in [5.41, 5.74) is 7.84. The predicted octanol–water partition coefficient (Wildman–Crippen LogP) is 3.10. The van der Waals surface area contributed by atoms with E-state index in [1.54, 1.807) is 12.1 Å². The fourth-order valence-electron chi connectivity index (χ4n) is 2.05. The molecule has 0 aliphatic heterocycles. The lowest BCUT2D eigenvalue weighted by atomic mass is 10.1. The van der Waals surface area contributed by atoms with Crippen molar-refractivity contribution in [1.82, 2.24) is 0 Å². The molecule has 0 aliphatic carbocycles. The zero-order valence-electron chi connectivity index (χ0n) is 9.71. The average Bonchev–Trinajstić information content (AvgIpc) is 2.82. The third-order valence-corrected chi connectivity index (χ3v) is 3.00. The van der Waals surface area contributed by atoms with Crippen LogP contribution in [0.3, 0.4) is 0 Å². The Morgan fingerprint density at radius 1 is 1.00 bits per heavy atom. The van der Waals surface area contributed by atoms with Crippen LogP contribution in [0.5, 0.6) is 0 Å². The number of aliphatic hydroxyl groups excluding tert-OH is 1. The first-order valence-corrected chi connectivity index (χ1v) is 5.76. The molecule has 0 spiro atoms. The van der Waals surface area contributed by atoms with E-state index in [0.29, 0.717) is 17.0 Å². The van der Waals surface area contributed by atoms with Gasteiger partial charge in [0.15, 0.2) is 0 Å². The summed E-state index contributed by atoms with van der Waals surface area (Å²) < 4.78 is 5.63. The van der Waals surface area contributed by atoms with Gasteiger partial charge in [0.1, 0.15) is 17.4 Å². The molecule has 0 aliphatic rings. The highest BCUT2D eigenvalue weighted by Gasteiger charge is 2.17. The van der Waals surface area contributed by atoms with Gasteiger partial charge in [-0.15, -0.1) is 0 Å². The van der Waals surface area contributed by atoms with Crippen LogP contribution in [-0.2, 0) is 0 Å². The summed E-state index contributed by atoms with van der Waals surface area (Å²) in [5, 5.41) is 11.3. The van der Waals surface area contributed by atoms with Gasteiger partial charge in [0, 0.05) is 16.6 Å². The molecule has 1 unspecified atom stereocenters. The molecule has 1 atom stereocenters. The molecule has 0 saturated heterocycles. The van der Waals surface area contributed by atoms with E-state index < -0.39 is 6.10 Å². The highest BCUT2D eigenvalue weighted by atomic mass is 16.4. The monoisotopic (exact) mass is 239 g/mol. The minimum absolute atomic E-state index is 0.508. The summed E-state index contributed by atoms with van der Waals surface area (Å²) in [7, 11) is 0. The minimum atomic E-state index is -0.835. The number of hydrogen-bond acceptors (Lipinski definition) is 3. The van der Waals surface area contributed by atoms with Gasteiger partial charge in [0.25, 0.3) is 0 Å². The molecule has 3 N–H and O–H groups in total. The summed E-state index contributed by atoms with van der Waals surface area (Å²) in [6.45, 7) is 0. The topological polar surface area (TPSA) is 59.4 Å². The van der Waals surface area contributed by atoms with Crippen molar-refractivity contribution in [3.05, 3.63) is 65.9 Å². The lowest BCUT2D eigenvalue weighted by Crippen LogP contribution is -2.02. The lowest BCUT2D eigenvalue weighted by molar-refractivity contribution is 0.193. The van der Waals surface area contributed by atoms with Crippen LogP contribution in [0.2, 0.25) is 0 Å². The molecule has 3 aromatic rings. The van der Waals surface area contributed by atoms with Crippen molar-refractivity contribution in [1.29, 1.82) is 0 Å². The van der Waals surface area contributed by atoms with Crippen molar-refractivity contribution in [3.63, 3.8) is 0 Å². The standard InChI is InChI=1S/C15H13NO2/c16-12-7-3-2-6-11(12)15(17)14-9-10-5-1-4-8-13(10)18-14/h1-9,15,17H,16H2. The maximum absolute atomic E-state index is 10.3. The van der Waals surface area contributed by atoms with Crippen molar-refractivity contribution in [3.8, 4) is 0 Å². The van der Waals surface area contributed by atoms with Crippen molar-refractivity contribution in [2.45, 2.75) is 6.10 Å². The summed E-state index contributed by atoms with van der Waals surface area (Å²) in [4.78, 5) is 0. The van der Waals surface area contributed by atoms with E-state index in [-0.39, 0.29) is 0 Å². The summed E-state index contributed by atoms with van der Waals surface area (Å²) in [5.74, 6) is 0.508. The number of anilines is 1. The molecule has 1 heterocycles. The van der Waals surface area contributed by atoms with E-state index in [1.165, 1.54) is 0 Å². The Bertz CT molecular complexity index is 655. The number of furan rings is 1. The van der Waals surface area contributed by atoms with Gasteiger partial charge in [-0.05, 0) is 18.2 Å². The second kappa shape index (κ2) is 4.20. The van der Waals surface area contributed by atoms with Crippen LogP contribution in [0.1, 0.15) is 17.4 Å². The molecule has 0 saturated carbocycles. The molecule has 0 radical (unpaired) electrons. The average molecular weight is 239 g/mol. The highest BCUT2D eigenvalue weighted by Crippen LogP contribution is 2.30. The first kappa shape index (κ1) is 10.9. The molecule has 90 valence electrons. The Balaban J connectivity index is 2.07. The largest absolute Gasteiger partial charge is 0.458 e. The third-order valence-electron chi connectivity index (χ3n) is 3.00. The number of nitrogens with two attached hydrogens (primary N) is 1. The van der Waals surface area contributed by atoms with Crippen LogP contribution < -0.4 is 5.73 Å². The Morgan fingerprint density at radius 3 is 2.50 bits per heavy atom. The maximum Gasteiger partial charge on any atom is 0.139 e. The van der Waals surface area contributed by atoms with Gasteiger partial charge >= 0.3 is 0 Å². The van der Waals surface area contributed by atoms with Gasteiger partial charge in [-0.1, -0.05) is 36.4 Å². The van der Waals surface area contributed by atoms with Gasteiger partial charge in [-0.2, -0.15) is 0 Å². The van der Waals surface area contributed by atoms with Gasteiger partial charge in [0.05, 0.1) is 0 Å². The zero-order chi connectivity index (χ0) is 12.5. The van der Waals surface area contributed by atoms with Crippen LogP contribution in [-0.4, -0.2) is 5.11 Å². The van der Waals surface area contributed by atoms with E-state index in [1.807, 2.05) is 42.5 Å². The van der Waals surface area contributed by atoms with Gasteiger partial charge in [-0.3, -0.25) is 0 Å². The fourth-order valence-corrected chi connectivity index (χ4v) is 2.05. The van der Waals surface area contributed by atoms with E-state index in [0.717, 1.165) is 11.0 Å². The summed E-state index contributed by atoms with van der Waals surface area (Å²) in [6.07, 6.45) is -0.835. The molecule has 3 rings (SSSR count). The molecule has 0 amide bonds. The second-order valence-electron chi connectivity index (χ2n) is 4.22. The SMILES string of the molecule is Nc1ccccc1C(O)c1cc2ccccc2o1. The fraction of sp³-hybridized carbons (Fsp3) is 0.0667. The van der Waals surface area contributed by atoms with Crippen LogP contribution >= 0.6 is 0 Å². The Hall–Kier alpha value is -2.26. The van der Waals surface area contributed by atoms with Crippen molar-refractivity contribution >= 4 is 16.7 Å². The lowest BCUT2D eigenvalue weighted by Gasteiger charge is -2.10. The second-order valence-corrected chi connectivity index (χ2v) is 4.22. The number of aliphatic hydroxyl groups is 1. The number of benzene rings is 2. The number of nitrogen functional groups attached to an aromatic ring is 1. The first-order chi connectivity index (χ1) is 8.75. The smallest absolute Gasteiger partial charge is 0.139 e. The molecule has 18 heavy (non-hydrogen) atoms. The van der Waals surface area contributed by atoms with Crippen molar-refractivity contribution in [2.24, 2.45) is 0 Å². The third kappa shape index (κ3) is 1.75. The molecular formula is C15H13NO2. The van der Waals surface area contributed by atoms with E-state index >= 15 is 0 Å². The maximum atomic E-state index is 10.3. The van der Waals surface area contributed by atoms with Crippen LogP contribution in [0.25, 0.3) is 11.0 Å². The van der Waals surface area contributed by atoms with Crippen molar-refractivity contribution < 1.29 is 9.52 Å².